The molecule has 0 aromatic heterocycles. The number of amides is 1. The van der Waals surface area contributed by atoms with Crippen molar-refractivity contribution in [2.45, 2.75) is 52.2 Å². The van der Waals surface area contributed by atoms with E-state index in [-0.39, 0.29) is 18.1 Å². The van der Waals surface area contributed by atoms with Gasteiger partial charge in [-0.3, -0.25) is 10.1 Å². The van der Waals surface area contributed by atoms with Gasteiger partial charge in [0.05, 0.1) is 6.04 Å². The number of nitrogens with zero attached hydrogens (tertiary/aromatic N) is 1. The van der Waals surface area contributed by atoms with Gasteiger partial charge in [0.25, 0.3) is 0 Å². The quantitative estimate of drug-likeness (QED) is 0.862. The zero-order valence-electron chi connectivity index (χ0n) is 13.1. The molecule has 116 valence electrons. The number of carbonyl (C=O) groups excluding carboxylic acids is 1. The minimum absolute atomic E-state index is 0.0231. The van der Waals surface area contributed by atoms with Crippen LogP contribution in [0, 0.1) is 5.92 Å². The lowest BCUT2D eigenvalue weighted by Crippen LogP contribution is -2.32. The van der Waals surface area contributed by atoms with E-state index in [4.69, 9.17) is 11.6 Å². The van der Waals surface area contributed by atoms with Crippen molar-refractivity contribution in [1.29, 1.82) is 0 Å². The summed E-state index contributed by atoms with van der Waals surface area (Å²) >= 11 is 5.96. The van der Waals surface area contributed by atoms with Gasteiger partial charge in [0.1, 0.15) is 6.17 Å². The van der Waals surface area contributed by atoms with Gasteiger partial charge < -0.3 is 4.90 Å². The minimum Gasteiger partial charge on any atom is -0.322 e. The molecule has 1 N–H and O–H groups in total. The molecule has 1 saturated heterocycles. The molecule has 1 aromatic rings. The number of rotatable bonds is 6. The summed E-state index contributed by atoms with van der Waals surface area (Å²) in [5, 5.41) is 4.21. The highest BCUT2D eigenvalue weighted by Gasteiger charge is 2.38. The van der Waals surface area contributed by atoms with Crippen LogP contribution in [0.5, 0.6) is 0 Å². The van der Waals surface area contributed by atoms with Gasteiger partial charge in [-0.05, 0) is 36.5 Å². The maximum Gasteiger partial charge on any atom is 0.241 e. The minimum atomic E-state index is -0.0529. The molecule has 1 aromatic carbocycles. The Hall–Kier alpha value is -1.06. The van der Waals surface area contributed by atoms with E-state index in [1.807, 2.05) is 29.2 Å². The van der Waals surface area contributed by atoms with Crippen molar-refractivity contribution in [1.82, 2.24) is 10.2 Å². The van der Waals surface area contributed by atoms with E-state index in [9.17, 15) is 4.79 Å². The van der Waals surface area contributed by atoms with Gasteiger partial charge in [0.2, 0.25) is 5.91 Å². The first kappa shape index (κ1) is 16.3. The lowest BCUT2D eigenvalue weighted by Gasteiger charge is -2.25. The third kappa shape index (κ3) is 3.98. The van der Waals surface area contributed by atoms with Gasteiger partial charge in [-0.2, -0.15) is 0 Å². The van der Waals surface area contributed by atoms with E-state index in [1.54, 1.807) is 0 Å². The zero-order chi connectivity index (χ0) is 15.4. The summed E-state index contributed by atoms with van der Waals surface area (Å²) in [7, 11) is 0. The highest BCUT2D eigenvalue weighted by atomic mass is 35.5. The number of benzene rings is 1. The Morgan fingerprint density at radius 3 is 2.52 bits per heavy atom. The summed E-state index contributed by atoms with van der Waals surface area (Å²) in [5.74, 6) is 0.825. The third-order valence-electron chi connectivity index (χ3n) is 3.96. The van der Waals surface area contributed by atoms with Gasteiger partial charge >= 0.3 is 0 Å². The monoisotopic (exact) mass is 308 g/mol. The Morgan fingerprint density at radius 2 is 1.95 bits per heavy atom. The highest BCUT2D eigenvalue weighted by Crippen LogP contribution is 2.28. The number of hydrogen-bond donors (Lipinski definition) is 1. The van der Waals surface area contributed by atoms with Crippen molar-refractivity contribution in [3.63, 3.8) is 0 Å². The van der Waals surface area contributed by atoms with Crippen LogP contribution in [0.25, 0.3) is 0 Å². The smallest absolute Gasteiger partial charge is 0.241 e. The Labute approximate surface area is 132 Å². The molecule has 0 bridgehead atoms. The SMILES string of the molecule is CCCC1NC(c2ccc(Cl)cc2)N(CCC(C)C)C1=O. The van der Waals surface area contributed by atoms with Crippen LogP contribution in [0.1, 0.15) is 51.8 Å². The number of hydrogen-bond acceptors (Lipinski definition) is 2. The fourth-order valence-electron chi connectivity index (χ4n) is 2.73. The molecule has 0 radical (unpaired) electrons. The molecule has 1 amide bonds. The Morgan fingerprint density at radius 1 is 1.29 bits per heavy atom. The average Bonchev–Trinajstić information content (AvgIpc) is 2.75. The molecule has 4 heteroatoms. The molecular weight excluding hydrogens is 284 g/mol. The maximum atomic E-state index is 12.6. The van der Waals surface area contributed by atoms with E-state index in [0.29, 0.717) is 5.92 Å². The van der Waals surface area contributed by atoms with Crippen LogP contribution < -0.4 is 5.32 Å². The topological polar surface area (TPSA) is 32.3 Å². The Balaban J connectivity index is 2.18. The molecule has 21 heavy (non-hydrogen) atoms. The summed E-state index contributed by atoms with van der Waals surface area (Å²) < 4.78 is 0. The predicted octanol–water partition coefficient (Wildman–Crippen LogP) is 3.99. The van der Waals surface area contributed by atoms with Crippen molar-refractivity contribution in [2.24, 2.45) is 5.92 Å². The molecule has 3 nitrogen and oxygen atoms in total. The molecule has 0 aliphatic carbocycles. The molecule has 2 unspecified atom stereocenters. The van der Waals surface area contributed by atoms with Crippen molar-refractivity contribution < 1.29 is 4.79 Å². The second-order valence-corrected chi connectivity index (χ2v) is 6.61. The molecule has 1 fully saturated rings. The molecule has 1 aliphatic rings. The van der Waals surface area contributed by atoms with Crippen LogP contribution in [-0.2, 0) is 4.79 Å². The number of nitrogens with one attached hydrogen (secondary N) is 1. The van der Waals surface area contributed by atoms with Crippen LogP contribution in [0.4, 0.5) is 0 Å². The molecule has 1 heterocycles. The first-order valence-electron chi connectivity index (χ1n) is 7.85. The number of carbonyl (C=O) groups is 1. The van der Waals surface area contributed by atoms with Crippen molar-refractivity contribution in [3.8, 4) is 0 Å². The van der Waals surface area contributed by atoms with Crippen molar-refractivity contribution in [3.05, 3.63) is 34.9 Å². The summed E-state index contributed by atoms with van der Waals surface area (Å²) in [6, 6.07) is 7.73. The molecule has 0 spiro atoms. The molecule has 2 rings (SSSR count). The van der Waals surface area contributed by atoms with E-state index >= 15 is 0 Å². The summed E-state index contributed by atoms with van der Waals surface area (Å²) in [6.45, 7) is 7.30. The van der Waals surface area contributed by atoms with Gasteiger partial charge in [0.15, 0.2) is 0 Å². The van der Waals surface area contributed by atoms with Crippen LogP contribution in [0.15, 0.2) is 24.3 Å². The van der Waals surface area contributed by atoms with E-state index < -0.39 is 0 Å². The van der Waals surface area contributed by atoms with Crippen LogP contribution in [0.3, 0.4) is 0 Å². The first-order valence-corrected chi connectivity index (χ1v) is 8.22. The van der Waals surface area contributed by atoms with E-state index in [0.717, 1.165) is 36.4 Å². The lowest BCUT2D eigenvalue weighted by molar-refractivity contribution is -0.130. The standard InChI is InChI=1S/C17H25ClN2O/c1-4-5-15-17(21)20(11-10-12(2)3)16(19-15)13-6-8-14(18)9-7-13/h6-9,12,15-16,19H,4-5,10-11H2,1-3H3. The lowest BCUT2D eigenvalue weighted by atomic mass is 10.1. The normalized spacial score (nSPS) is 22.3. The second-order valence-electron chi connectivity index (χ2n) is 6.18. The highest BCUT2D eigenvalue weighted by molar-refractivity contribution is 6.30. The van der Waals surface area contributed by atoms with E-state index in [1.165, 1.54) is 0 Å². The van der Waals surface area contributed by atoms with Gasteiger partial charge in [0, 0.05) is 11.6 Å². The Bertz CT molecular complexity index is 472. The van der Waals surface area contributed by atoms with Crippen LogP contribution in [0.2, 0.25) is 5.02 Å². The van der Waals surface area contributed by atoms with Crippen LogP contribution >= 0.6 is 11.6 Å². The first-order chi connectivity index (χ1) is 10.0. The Kier molecular flexibility index (Phi) is 5.65. The summed E-state index contributed by atoms with van der Waals surface area (Å²) in [6.07, 6.45) is 2.90. The predicted molar refractivity (Wildman–Crippen MR) is 87.2 cm³/mol. The maximum absolute atomic E-state index is 12.6. The molecular formula is C17H25ClN2O. The van der Waals surface area contributed by atoms with Crippen LogP contribution in [-0.4, -0.2) is 23.4 Å². The van der Waals surface area contributed by atoms with Crippen molar-refractivity contribution in [2.75, 3.05) is 6.54 Å². The molecule has 2 atom stereocenters. The fourth-order valence-corrected chi connectivity index (χ4v) is 2.86. The molecule has 0 saturated carbocycles. The number of halogens is 1. The van der Waals surface area contributed by atoms with Gasteiger partial charge in [-0.15, -0.1) is 0 Å². The van der Waals surface area contributed by atoms with Crippen molar-refractivity contribution >= 4 is 17.5 Å². The summed E-state index contributed by atoms with van der Waals surface area (Å²) in [5.41, 5.74) is 1.11. The zero-order valence-corrected chi connectivity index (χ0v) is 13.9. The van der Waals surface area contributed by atoms with E-state index in [2.05, 4.69) is 26.1 Å². The largest absolute Gasteiger partial charge is 0.322 e. The summed E-state index contributed by atoms with van der Waals surface area (Å²) in [4.78, 5) is 14.6. The third-order valence-corrected chi connectivity index (χ3v) is 4.21. The second kappa shape index (κ2) is 7.28. The fraction of sp³-hybridized carbons (Fsp3) is 0.588. The average molecular weight is 309 g/mol. The molecule has 1 aliphatic heterocycles. The van der Waals surface area contributed by atoms with Gasteiger partial charge in [-0.25, -0.2) is 0 Å². The van der Waals surface area contributed by atoms with Gasteiger partial charge in [-0.1, -0.05) is 50.9 Å².